The summed E-state index contributed by atoms with van der Waals surface area (Å²) in [5, 5.41) is 3.33. The van der Waals surface area contributed by atoms with Crippen LogP contribution in [0.25, 0.3) is 0 Å². The van der Waals surface area contributed by atoms with E-state index in [4.69, 9.17) is 11.6 Å². The number of amides is 2. The second kappa shape index (κ2) is 14.3. The Balaban J connectivity index is 1.89. The normalized spacial score (nSPS) is 12.0. The minimum atomic E-state index is -3.62. The van der Waals surface area contributed by atoms with E-state index in [1.165, 1.54) is 4.31 Å². The molecule has 0 fully saturated rings. The summed E-state index contributed by atoms with van der Waals surface area (Å²) < 4.78 is 26.7. The van der Waals surface area contributed by atoms with Crippen LogP contribution in [0.1, 0.15) is 42.0 Å². The number of aryl methyl sites for hydroxylation is 2. The first-order chi connectivity index (χ1) is 19.0. The van der Waals surface area contributed by atoms with Crippen molar-refractivity contribution in [2.45, 2.75) is 52.6 Å². The molecule has 0 aliphatic rings. The minimum absolute atomic E-state index is 0.0716. The summed E-state index contributed by atoms with van der Waals surface area (Å²) in [7, 11) is -3.62. The monoisotopic (exact) mass is 583 g/mol. The van der Waals surface area contributed by atoms with Crippen molar-refractivity contribution in [3.8, 4) is 0 Å². The summed E-state index contributed by atoms with van der Waals surface area (Å²) in [5.74, 6) is -0.438. The summed E-state index contributed by atoms with van der Waals surface area (Å²) in [6.07, 6.45) is 1.85. The van der Waals surface area contributed by atoms with Crippen LogP contribution in [-0.4, -0.2) is 50.5 Å². The highest BCUT2D eigenvalue weighted by molar-refractivity contribution is 7.92. The summed E-state index contributed by atoms with van der Waals surface area (Å²) in [5.41, 5.74) is 4.17. The van der Waals surface area contributed by atoms with Crippen LogP contribution in [0.5, 0.6) is 0 Å². The molecule has 1 N–H and O–H groups in total. The number of nitrogens with one attached hydrogen (secondary N) is 1. The number of rotatable bonds is 13. The highest BCUT2D eigenvalue weighted by Crippen LogP contribution is 2.27. The predicted octanol–water partition coefficient (Wildman–Crippen LogP) is 5.28. The zero-order chi connectivity index (χ0) is 29.3. The number of anilines is 1. The first-order valence-electron chi connectivity index (χ1n) is 13.4. The maximum absolute atomic E-state index is 13.8. The van der Waals surface area contributed by atoms with E-state index < -0.39 is 16.1 Å². The van der Waals surface area contributed by atoms with Gasteiger partial charge in [-0.1, -0.05) is 72.3 Å². The number of benzene rings is 3. The Hall–Kier alpha value is -3.36. The quantitative estimate of drug-likeness (QED) is 0.297. The van der Waals surface area contributed by atoms with E-state index in [0.717, 1.165) is 28.5 Å². The van der Waals surface area contributed by atoms with Crippen LogP contribution in [0, 0.1) is 13.8 Å². The van der Waals surface area contributed by atoms with Crippen LogP contribution >= 0.6 is 11.6 Å². The number of nitrogens with zero attached hydrogens (tertiary/aromatic N) is 2. The van der Waals surface area contributed by atoms with Crippen molar-refractivity contribution in [1.29, 1.82) is 0 Å². The standard InChI is InChI=1S/C31H38ClN3O4S/c1-5-33-31(37)29(20-25-13-7-6-8-14-25)34(22-26-15-10-9-12-23(26)2)30(36)16-11-19-35(40(4,38)39)28-21-27(32)18-17-24(28)3/h6-10,12-15,17-18,21,29H,5,11,16,19-20,22H2,1-4H3,(H,33,37)/t29-/m1/s1. The van der Waals surface area contributed by atoms with Crippen LogP contribution in [0.3, 0.4) is 0 Å². The van der Waals surface area contributed by atoms with Crippen LogP contribution in [0.15, 0.2) is 72.8 Å². The average molecular weight is 584 g/mol. The van der Waals surface area contributed by atoms with Gasteiger partial charge in [-0.15, -0.1) is 0 Å². The lowest BCUT2D eigenvalue weighted by Gasteiger charge is -2.32. The lowest BCUT2D eigenvalue weighted by atomic mass is 10.0. The van der Waals surface area contributed by atoms with Gasteiger partial charge in [0.05, 0.1) is 11.9 Å². The molecule has 1 atom stereocenters. The average Bonchev–Trinajstić information content (AvgIpc) is 2.91. The van der Waals surface area contributed by atoms with Gasteiger partial charge in [-0.25, -0.2) is 8.42 Å². The highest BCUT2D eigenvalue weighted by atomic mass is 35.5. The second-order valence-corrected chi connectivity index (χ2v) is 12.3. The van der Waals surface area contributed by atoms with Gasteiger partial charge in [0.1, 0.15) is 6.04 Å². The molecule has 7 nitrogen and oxygen atoms in total. The van der Waals surface area contributed by atoms with Gasteiger partial charge in [0.15, 0.2) is 0 Å². The van der Waals surface area contributed by atoms with Gasteiger partial charge >= 0.3 is 0 Å². The molecule has 0 aliphatic carbocycles. The summed E-state index contributed by atoms with van der Waals surface area (Å²) >= 11 is 6.16. The molecule has 0 unspecified atom stereocenters. The van der Waals surface area contributed by atoms with E-state index >= 15 is 0 Å². The van der Waals surface area contributed by atoms with Gasteiger partial charge in [0.25, 0.3) is 0 Å². The molecule has 3 aromatic carbocycles. The predicted molar refractivity (Wildman–Crippen MR) is 162 cm³/mol. The van der Waals surface area contributed by atoms with Crippen molar-refractivity contribution in [3.05, 3.63) is 100 Å². The molecule has 2 amide bonds. The molecule has 0 saturated carbocycles. The number of hydrogen-bond donors (Lipinski definition) is 1. The van der Waals surface area contributed by atoms with Gasteiger partial charge in [-0.2, -0.15) is 0 Å². The molecule has 0 bridgehead atoms. The van der Waals surface area contributed by atoms with Gasteiger partial charge < -0.3 is 10.2 Å². The van der Waals surface area contributed by atoms with E-state index in [2.05, 4.69) is 5.32 Å². The molecule has 3 rings (SSSR count). The van der Waals surface area contributed by atoms with Crippen LogP contribution in [0.4, 0.5) is 5.69 Å². The third-order valence-corrected chi connectivity index (χ3v) is 8.23. The number of sulfonamides is 1. The highest BCUT2D eigenvalue weighted by Gasteiger charge is 2.30. The fourth-order valence-corrected chi connectivity index (χ4v) is 5.83. The minimum Gasteiger partial charge on any atom is -0.355 e. The fourth-order valence-electron chi connectivity index (χ4n) is 4.65. The molecule has 0 radical (unpaired) electrons. The first kappa shape index (κ1) is 31.2. The van der Waals surface area contributed by atoms with Gasteiger partial charge in [0.2, 0.25) is 21.8 Å². The van der Waals surface area contributed by atoms with E-state index in [0.29, 0.717) is 23.7 Å². The molecule has 214 valence electrons. The third kappa shape index (κ3) is 8.57. The fraction of sp³-hybridized carbons (Fsp3) is 0.355. The molecule has 0 heterocycles. The van der Waals surface area contributed by atoms with Crippen molar-refractivity contribution in [2.75, 3.05) is 23.7 Å². The van der Waals surface area contributed by atoms with Gasteiger partial charge in [-0.3, -0.25) is 13.9 Å². The van der Waals surface area contributed by atoms with E-state index in [1.807, 2.05) is 75.4 Å². The Labute approximate surface area is 243 Å². The second-order valence-electron chi connectivity index (χ2n) is 9.92. The van der Waals surface area contributed by atoms with Crippen molar-refractivity contribution >= 4 is 39.1 Å². The number of likely N-dealkylation sites (N-methyl/N-ethyl adjacent to an activating group) is 1. The van der Waals surface area contributed by atoms with Crippen molar-refractivity contribution in [2.24, 2.45) is 0 Å². The maximum atomic E-state index is 13.8. The zero-order valence-corrected chi connectivity index (χ0v) is 25.1. The molecule has 0 saturated heterocycles. The third-order valence-electron chi connectivity index (χ3n) is 6.82. The molecular formula is C31H38ClN3O4S. The zero-order valence-electron chi connectivity index (χ0n) is 23.6. The molecule has 9 heteroatoms. The van der Waals surface area contributed by atoms with Crippen LogP contribution in [-0.2, 0) is 32.6 Å². The Morgan fingerprint density at radius 3 is 2.27 bits per heavy atom. The Morgan fingerprint density at radius 2 is 1.62 bits per heavy atom. The molecule has 40 heavy (non-hydrogen) atoms. The molecule has 0 aliphatic heterocycles. The first-order valence-corrected chi connectivity index (χ1v) is 15.6. The number of halogens is 1. The lowest BCUT2D eigenvalue weighted by Crippen LogP contribution is -2.50. The Kier molecular flexibility index (Phi) is 11.2. The summed E-state index contributed by atoms with van der Waals surface area (Å²) in [6, 6.07) is 21.8. The van der Waals surface area contributed by atoms with Crippen LogP contribution in [0.2, 0.25) is 5.02 Å². The Morgan fingerprint density at radius 1 is 0.950 bits per heavy atom. The summed E-state index contributed by atoms with van der Waals surface area (Å²) in [4.78, 5) is 28.8. The van der Waals surface area contributed by atoms with Gasteiger partial charge in [-0.05, 0) is 61.6 Å². The van der Waals surface area contributed by atoms with Crippen LogP contribution < -0.4 is 9.62 Å². The lowest BCUT2D eigenvalue weighted by molar-refractivity contribution is -0.141. The van der Waals surface area contributed by atoms with E-state index in [1.54, 1.807) is 23.1 Å². The summed E-state index contributed by atoms with van der Waals surface area (Å²) in [6.45, 7) is 6.46. The molecular weight excluding hydrogens is 546 g/mol. The smallest absolute Gasteiger partial charge is 0.243 e. The van der Waals surface area contributed by atoms with E-state index in [-0.39, 0.29) is 37.7 Å². The largest absolute Gasteiger partial charge is 0.355 e. The maximum Gasteiger partial charge on any atom is 0.243 e. The van der Waals surface area contributed by atoms with Crippen molar-refractivity contribution in [1.82, 2.24) is 10.2 Å². The molecule has 0 spiro atoms. The van der Waals surface area contributed by atoms with Crippen molar-refractivity contribution < 1.29 is 18.0 Å². The topological polar surface area (TPSA) is 86.8 Å². The number of carbonyl (C=O) groups is 2. The van der Waals surface area contributed by atoms with Crippen molar-refractivity contribution in [3.63, 3.8) is 0 Å². The van der Waals surface area contributed by atoms with Gasteiger partial charge in [0, 0.05) is 37.5 Å². The SMILES string of the molecule is CCNC(=O)[C@@H](Cc1ccccc1)N(Cc1ccccc1C)C(=O)CCCN(c1cc(Cl)ccc1C)S(C)(=O)=O. The Bertz CT molecular complexity index is 1410. The number of carbonyl (C=O) groups excluding carboxylic acids is 2. The molecule has 3 aromatic rings. The molecule has 0 aromatic heterocycles. The number of hydrogen-bond acceptors (Lipinski definition) is 4. The van der Waals surface area contributed by atoms with E-state index in [9.17, 15) is 18.0 Å².